The minimum absolute atomic E-state index is 0.175. The number of hydrogen-bond acceptors (Lipinski definition) is 4. The fourth-order valence-electron chi connectivity index (χ4n) is 2.50. The van der Waals surface area contributed by atoms with Crippen LogP contribution in [0, 0.1) is 0 Å². The van der Waals surface area contributed by atoms with Gasteiger partial charge in [0.25, 0.3) is 5.91 Å². The summed E-state index contributed by atoms with van der Waals surface area (Å²) in [4.78, 5) is 23.6. The number of rotatable bonds is 6. The summed E-state index contributed by atoms with van der Waals surface area (Å²) in [5.41, 5.74) is 2.79. The Labute approximate surface area is 163 Å². The van der Waals surface area contributed by atoms with Gasteiger partial charge in [-0.15, -0.1) is 0 Å². The van der Waals surface area contributed by atoms with Crippen molar-refractivity contribution in [2.45, 2.75) is 6.61 Å². The van der Waals surface area contributed by atoms with Crippen molar-refractivity contribution in [3.05, 3.63) is 90.0 Å². The molecule has 142 valence electrons. The maximum atomic E-state index is 12.4. The number of nitrogens with one attached hydrogen (secondary N) is 2. The lowest BCUT2D eigenvalue weighted by Gasteiger charge is -2.10. The molecule has 2 amide bonds. The zero-order chi connectivity index (χ0) is 19.8. The summed E-state index contributed by atoms with van der Waals surface area (Å²) in [5.74, 6) is 0.473. The van der Waals surface area contributed by atoms with E-state index >= 15 is 0 Å². The fraction of sp³-hybridized carbons (Fsp3) is 0.0909. The summed E-state index contributed by atoms with van der Waals surface area (Å²) in [5, 5.41) is 5.43. The van der Waals surface area contributed by atoms with Gasteiger partial charge in [-0.3, -0.25) is 10.1 Å². The second-order valence-corrected chi connectivity index (χ2v) is 5.95. The third kappa shape index (κ3) is 5.35. The van der Waals surface area contributed by atoms with Crippen molar-refractivity contribution in [3.8, 4) is 5.75 Å². The molecule has 0 aliphatic rings. The molecule has 3 aromatic rings. The molecule has 28 heavy (non-hydrogen) atoms. The lowest BCUT2D eigenvalue weighted by atomic mass is 10.1. The molecule has 0 atom stereocenters. The van der Waals surface area contributed by atoms with E-state index in [2.05, 4.69) is 15.4 Å². The van der Waals surface area contributed by atoms with Crippen LogP contribution in [0.3, 0.4) is 0 Å². The molecule has 0 unspecified atom stereocenters. The van der Waals surface area contributed by atoms with Gasteiger partial charge in [0, 0.05) is 16.9 Å². The van der Waals surface area contributed by atoms with E-state index in [1.807, 2.05) is 42.5 Å². The second kappa shape index (κ2) is 9.23. The number of anilines is 2. The maximum absolute atomic E-state index is 12.4. The number of hydrogen-bond donors (Lipinski definition) is 2. The van der Waals surface area contributed by atoms with E-state index in [0.29, 0.717) is 23.6 Å². The number of carbonyl (C=O) groups is 2. The first-order valence-electron chi connectivity index (χ1n) is 8.67. The predicted molar refractivity (Wildman–Crippen MR) is 108 cm³/mol. The SMILES string of the molecule is COC(=O)Nc1ccc(OCc2cccc(C(=O)Nc3ccccc3)c2)cc1. The molecule has 0 spiro atoms. The van der Waals surface area contributed by atoms with Crippen molar-refractivity contribution < 1.29 is 19.1 Å². The van der Waals surface area contributed by atoms with Crippen LogP contribution in [0.1, 0.15) is 15.9 Å². The summed E-state index contributed by atoms with van der Waals surface area (Å²) in [6.45, 7) is 0.316. The molecule has 0 saturated carbocycles. The van der Waals surface area contributed by atoms with Crippen molar-refractivity contribution in [3.63, 3.8) is 0 Å². The monoisotopic (exact) mass is 376 g/mol. The summed E-state index contributed by atoms with van der Waals surface area (Å²) in [7, 11) is 1.31. The topological polar surface area (TPSA) is 76.7 Å². The van der Waals surface area contributed by atoms with E-state index < -0.39 is 6.09 Å². The summed E-state index contributed by atoms with van der Waals surface area (Å²) >= 11 is 0. The summed E-state index contributed by atoms with van der Waals surface area (Å²) < 4.78 is 10.3. The molecule has 0 bridgehead atoms. The Morgan fingerprint density at radius 1 is 0.821 bits per heavy atom. The highest BCUT2D eigenvalue weighted by Crippen LogP contribution is 2.18. The highest BCUT2D eigenvalue weighted by Gasteiger charge is 2.07. The van der Waals surface area contributed by atoms with E-state index in [1.54, 1.807) is 36.4 Å². The van der Waals surface area contributed by atoms with Gasteiger partial charge in [0.05, 0.1) is 7.11 Å². The number of benzene rings is 3. The molecule has 0 radical (unpaired) electrons. The van der Waals surface area contributed by atoms with Crippen LogP contribution in [0.5, 0.6) is 5.75 Å². The Morgan fingerprint density at radius 2 is 1.54 bits per heavy atom. The van der Waals surface area contributed by atoms with Crippen LogP contribution < -0.4 is 15.4 Å². The van der Waals surface area contributed by atoms with Crippen molar-refractivity contribution in [1.82, 2.24) is 0 Å². The van der Waals surface area contributed by atoms with Gasteiger partial charge in [-0.25, -0.2) is 4.79 Å². The van der Waals surface area contributed by atoms with Crippen LogP contribution in [-0.4, -0.2) is 19.1 Å². The Hall–Kier alpha value is -3.80. The van der Waals surface area contributed by atoms with E-state index in [-0.39, 0.29) is 5.91 Å². The minimum Gasteiger partial charge on any atom is -0.489 e. The third-order valence-corrected chi connectivity index (χ3v) is 3.91. The van der Waals surface area contributed by atoms with Crippen molar-refractivity contribution in [2.24, 2.45) is 0 Å². The molecule has 3 rings (SSSR count). The fourth-order valence-corrected chi connectivity index (χ4v) is 2.50. The Balaban J connectivity index is 1.58. The average molecular weight is 376 g/mol. The van der Waals surface area contributed by atoms with Crippen LogP contribution in [0.4, 0.5) is 16.2 Å². The first-order valence-corrected chi connectivity index (χ1v) is 8.67. The molecule has 2 N–H and O–H groups in total. The van der Waals surface area contributed by atoms with Crippen LogP contribution in [0.2, 0.25) is 0 Å². The molecular formula is C22H20N2O4. The molecule has 0 fully saturated rings. The quantitative estimate of drug-likeness (QED) is 0.654. The lowest BCUT2D eigenvalue weighted by molar-refractivity contribution is 0.102. The van der Waals surface area contributed by atoms with Gasteiger partial charge < -0.3 is 14.8 Å². The van der Waals surface area contributed by atoms with E-state index in [4.69, 9.17) is 4.74 Å². The smallest absolute Gasteiger partial charge is 0.411 e. The Morgan fingerprint density at radius 3 is 2.25 bits per heavy atom. The number of para-hydroxylation sites is 1. The zero-order valence-electron chi connectivity index (χ0n) is 15.3. The van der Waals surface area contributed by atoms with Crippen LogP contribution in [-0.2, 0) is 11.3 Å². The van der Waals surface area contributed by atoms with Crippen LogP contribution in [0.15, 0.2) is 78.9 Å². The van der Waals surface area contributed by atoms with Crippen molar-refractivity contribution in [2.75, 3.05) is 17.7 Å². The lowest BCUT2D eigenvalue weighted by Crippen LogP contribution is -2.12. The second-order valence-electron chi connectivity index (χ2n) is 5.95. The van der Waals surface area contributed by atoms with E-state index in [0.717, 1.165) is 11.3 Å². The highest BCUT2D eigenvalue weighted by molar-refractivity contribution is 6.04. The zero-order valence-corrected chi connectivity index (χ0v) is 15.3. The maximum Gasteiger partial charge on any atom is 0.411 e. The first-order chi connectivity index (χ1) is 13.6. The van der Waals surface area contributed by atoms with Crippen LogP contribution >= 0.6 is 0 Å². The van der Waals surface area contributed by atoms with Gasteiger partial charge in [-0.2, -0.15) is 0 Å². The van der Waals surface area contributed by atoms with Gasteiger partial charge in [0.1, 0.15) is 12.4 Å². The average Bonchev–Trinajstić information content (AvgIpc) is 2.74. The highest BCUT2D eigenvalue weighted by atomic mass is 16.5. The Kier molecular flexibility index (Phi) is 6.25. The van der Waals surface area contributed by atoms with E-state index in [9.17, 15) is 9.59 Å². The minimum atomic E-state index is -0.528. The number of ether oxygens (including phenoxy) is 2. The van der Waals surface area contributed by atoms with Gasteiger partial charge in [-0.1, -0.05) is 30.3 Å². The van der Waals surface area contributed by atoms with Crippen molar-refractivity contribution in [1.29, 1.82) is 0 Å². The van der Waals surface area contributed by atoms with Gasteiger partial charge in [-0.05, 0) is 54.1 Å². The molecule has 0 aliphatic heterocycles. The predicted octanol–water partition coefficient (Wildman–Crippen LogP) is 4.70. The van der Waals surface area contributed by atoms with E-state index in [1.165, 1.54) is 7.11 Å². The summed E-state index contributed by atoms with van der Waals surface area (Å²) in [6.07, 6.45) is -0.528. The van der Waals surface area contributed by atoms with Crippen molar-refractivity contribution >= 4 is 23.4 Å². The van der Waals surface area contributed by atoms with Crippen LogP contribution in [0.25, 0.3) is 0 Å². The molecule has 0 aromatic heterocycles. The molecule has 0 heterocycles. The van der Waals surface area contributed by atoms with Gasteiger partial charge >= 0.3 is 6.09 Å². The largest absolute Gasteiger partial charge is 0.489 e. The number of methoxy groups -OCH3 is 1. The molecule has 0 aliphatic carbocycles. The molecule has 3 aromatic carbocycles. The normalized spacial score (nSPS) is 10.0. The van der Waals surface area contributed by atoms with Gasteiger partial charge in [0.2, 0.25) is 0 Å². The molecular weight excluding hydrogens is 356 g/mol. The Bertz CT molecular complexity index is 940. The molecule has 0 saturated heterocycles. The number of amides is 2. The standard InChI is InChI=1S/C22H20N2O4/c1-27-22(26)24-19-10-12-20(13-11-19)28-15-16-6-5-7-17(14-16)21(25)23-18-8-3-2-4-9-18/h2-14H,15H2,1H3,(H,23,25)(H,24,26). The van der Waals surface area contributed by atoms with Gasteiger partial charge in [0.15, 0.2) is 0 Å². The third-order valence-electron chi connectivity index (χ3n) is 3.91. The molecule has 6 nitrogen and oxygen atoms in total. The molecule has 6 heteroatoms. The summed E-state index contributed by atoms with van der Waals surface area (Å²) in [6, 6.07) is 23.5. The first kappa shape index (κ1) is 19.0. The number of carbonyl (C=O) groups excluding carboxylic acids is 2.